The van der Waals surface area contributed by atoms with Crippen LogP contribution in [0.15, 0.2) is 6.07 Å². The van der Waals surface area contributed by atoms with Gasteiger partial charge in [0.15, 0.2) is 11.5 Å². The normalized spacial score (nSPS) is 53.4. The van der Waals surface area contributed by atoms with E-state index in [1.165, 1.54) is 30.0 Å². The molecule has 1 heterocycles. The predicted molar refractivity (Wildman–Crippen MR) is 123 cm³/mol. The minimum atomic E-state index is -0.492. The Morgan fingerprint density at radius 3 is 2.62 bits per heavy atom. The van der Waals surface area contributed by atoms with E-state index in [9.17, 15) is 20.4 Å². The molecule has 0 aromatic carbocycles. The smallest absolute Gasteiger partial charge is 0.163 e. The highest BCUT2D eigenvalue weighted by Crippen LogP contribution is 3.00. The predicted octanol–water partition coefficient (Wildman–Crippen LogP) is 4.07. The van der Waals surface area contributed by atoms with Gasteiger partial charge < -0.3 is 5.11 Å². The maximum Gasteiger partial charge on any atom is 0.163 e. The van der Waals surface area contributed by atoms with Gasteiger partial charge in [-0.15, -0.1) is 0 Å². The number of nitrogens with zero attached hydrogens (tertiary/aromatic N) is 4. The van der Waals surface area contributed by atoms with Gasteiger partial charge in [-0.1, -0.05) is 13.8 Å². The molecule has 7 aliphatic rings. The molecule has 1 N–H and O–H groups in total. The molecule has 6 heteroatoms. The van der Waals surface area contributed by atoms with Gasteiger partial charge in [0.25, 0.3) is 0 Å². The van der Waals surface area contributed by atoms with Crippen molar-refractivity contribution in [3.8, 4) is 12.1 Å². The number of rotatable bonds is 3. The summed E-state index contributed by atoms with van der Waals surface area (Å²) in [6.45, 7) is 7.12. The second-order valence-corrected chi connectivity index (χ2v) is 13.5. The largest absolute Gasteiger partial charge is 0.390 e. The van der Waals surface area contributed by atoms with Crippen molar-refractivity contribution in [1.82, 2.24) is 9.78 Å². The standard InChI is InChI=1S/C28H34N4O2/c1-25(34)7-5-18-15(11-25)4-8-26(2)19(18)6-9-27(3)24(26)21-22-23(21)28(22,27)20(33)14-32-17(13-30)10-16(12-29)31-32/h10,15,18-19,21-24,34H,4-9,11,14H2,1-3H3/t15-,18+,19-,21-,22?,23-,24+,25-,26-,27+,28+/m1/s1. The lowest BCUT2D eigenvalue weighted by Gasteiger charge is -2.62. The molecule has 11 atom stereocenters. The zero-order valence-corrected chi connectivity index (χ0v) is 20.4. The molecule has 7 aliphatic carbocycles. The Morgan fingerprint density at radius 1 is 1.15 bits per heavy atom. The summed E-state index contributed by atoms with van der Waals surface area (Å²) in [7, 11) is 0. The van der Waals surface area contributed by atoms with Gasteiger partial charge in [0.1, 0.15) is 24.4 Å². The molecule has 178 valence electrons. The second-order valence-electron chi connectivity index (χ2n) is 13.5. The highest BCUT2D eigenvalue weighted by atomic mass is 16.3. The van der Waals surface area contributed by atoms with Gasteiger partial charge in [-0.25, -0.2) is 4.68 Å². The van der Waals surface area contributed by atoms with E-state index in [0.29, 0.717) is 40.7 Å². The fourth-order valence-corrected chi connectivity index (χ4v) is 11.2. The lowest BCUT2D eigenvalue weighted by molar-refractivity contribution is -0.153. The van der Waals surface area contributed by atoms with Crippen LogP contribution in [-0.4, -0.2) is 26.3 Å². The number of hydrogen-bond donors (Lipinski definition) is 1. The molecule has 0 spiro atoms. The number of aromatic nitrogens is 2. The van der Waals surface area contributed by atoms with Gasteiger partial charge in [0, 0.05) is 11.5 Å². The van der Waals surface area contributed by atoms with Gasteiger partial charge in [0.2, 0.25) is 0 Å². The number of carbonyl (C=O) groups excluding carboxylic acids is 1. The molecule has 6 nitrogen and oxygen atoms in total. The Morgan fingerprint density at radius 2 is 1.91 bits per heavy atom. The summed E-state index contributed by atoms with van der Waals surface area (Å²) < 4.78 is 1.46. The van der Waals surface area contributed by atoms with E-state index in [1.54, 1.807) is 0 Å². The van der Waals surface area contributed by atoms with Gasteiger partial charge in [-0.2, -0.15) is 15.6 Å². The minimum absolute atomic E-state index is 0.0420. The molecule has 34 heavy (non-hydrogen) atoms. The zero-order chi connectivity index (χ0) is 23.8. The van der Waals surface area contributed by atoms with Crippen molar-refractivity contribution >= 4 is 5.78 Å². The number of carbonyl (C=O) groups is 1. The molecule has 0 saturated heterocycles. The first-order valence-corrected chi connectivity index (χ1v) is 13.3. The van der Waals surface area contributed by atoms with E-state index in [0.717, 1.165) is 37.5 Å². The number of aliphatic hydroxyl groups is 1. The fraction of sp³-hybridized carbons (Fsp3) is 0.786. The third-order valence-electron chi connectivity index (χ3n) is 12.2. The maximum atomic E-state index is 13.9. The van der Waals surface area contributed by atoms with Crippen LogP contribution in [0.25, 0.3) is 0 Å². The van der Waals surface area contributed by atoms with Crippen LogP contribution >= 0.6 is 0 Å². The van der Waals surface area contributed by atoms with E-state index in [-0.39, 0.29) is 28.9 Å². The number of ketones is 1. The van der Waals surface area contributed by atoms with Crippen LogP contribution in [0.1, 0.15) is 77.1 Å². The van der Waals surface area contributed by atoms with Crippen molar-refractivity contribution in [3.05, 3.63) is 17.5 Å². The summed E-state index contributed by atoms with van der Waals surface area (Å²) in [6.07, 6.45) is 7.82. The second kappa shape index (κ2) is 6.14. The molecular weight excluding hydrogens is 424 g/mol. The third-order valence-corrected chi connectivity index (χ3v) is 12.2. The van der Waals surface area contributed by atoms with Crippen molar-refractivity contribution in [2.24, 2.45) is 57.7 Å². The van der Waals surface area contributed by atoms with Crippen molar-refractivity contribution in [1.29, 1.82) is 10.5 Å². The van der Waals surface area contributed by atoms with E-state index in [2.05, 4.69) is 25.0 Å². The Kier molecular flexibility index (Phi) is 3.81. The number of fused-ring (bicyclic) bond motifs is 3. The Balaban J connectivity index is 1.18. The topological polar surface area (TPSA) is 103 Å². The quantitative estimate of drug-likeness (QED) is 0.735. The number of nitriles is 2. The molecule has 1 unspecified atom stereocenters. The molecule has 0 aliphatic heterocycles. The van der Waals surface area contributed by atoms with E-state index < -0.39 is 5.60 Å². The molecule has 1 aromatic rings. The van der Waals surface area contributed by atoms with Crippen LogP contribution < -0.4 is 0 Å². The van der Waals surface area contributed by atoms with Crippen LogP contribution in [0.3, 0.4) is 0 Å². The highest BCUT2D eigenvalue weighted by molar-refractivity contribution is 5.93. The minimum Gasteiger partial charge on any atom is -0.390 e. The molecule has 8 rings (SSSR count). The van der Waals surface area contributed by atoms with Crippen LogP contribution in [0.4, 0.5) is 0 Å². The van der Waals surface area contributed by atoms with Crippen LogP contribution in [-0.2, 0) is 11.3 Å². The molecule has 0 amide bonds. The van der Waals surface area contributed by atoms with Crippen molar-refractivity contribution in [2.75, 3.05) is 0 Å². The Labute approximate surface area is 201 Å². The third kappa shape index (κ3) is 2.21. The molecule has 7 saturated carbocycles. The molecule has 7 fully saturated rings. The van der Waals surface area contributed by atoms with Gasteiger partial charge in [-0.05, 0) is 104 Å². The van der Waals surface area contributed by atoms with E-state index >= 15 is 0 Å². The fourth-order valence-electron chi connectivity index (χ4n) is 11.2. The van der Waals surface area contributed by atoms with Crippen LogP contribution in [0, 0.1) is 80.3 Å². The first-order chi connectivity index (χ1) is 16.1. The lowest BCUT2D eigenvalue weighted by atomic mass is 9.43. The van der Waals surface area contributed by atoms with Gasteiger partial charge in [0.05, 0.1) is 5.60 Å². The molecule has 1 aromatic heterocycles. The van der Waals surface area contributed by atoms with E-state index in [4.69, 9.17) is 0 Å². The molecular formula is C28H34N4O2. The lowest BCUT2D eigenvalue weighted by Crippen LogP contribution is -2.56. The summed E-state index contributed by atoms with van der Waals surface area (Å²) in [5.41, 5.74) is 0.121. The highest BCUT2D eigenvalue weighted by Gasteiger charge is 3.00. The van der Waals surface area contributed by atoms with Gasteiger partial charge in [-0.3, -0.25) is 4.79 Å². The summed E-state index contributed by atoms with van der Waals surface area (Å²) in [6, 6.07) is 5.57. The van der Waals surface area contributed by atoms with E-state index in [1.807, 2.05) is 13.0 Å². The maximum absolute atomic E-state index is 13.9. The summed E-state index contributed by atoms with van der Waals surface area (Å²) >= 11 is 0. The van der Waals surface area contributed by atoms with Gasteiger partial charge >= 0.3 is 0 Å². The van der Waals surface area contributed by atoms with Crippen molar-refractivity contribution < 1.29 is 9.90 Å². The monoisotopic (exact) mass is 458 g/mol. The average Bonchev–Trinajstić information content (AvgIpc) is 3.57. The van der Waals surface area contributed by atoms with Crippen LogP contribution in [0.2, 0.25) is 0 Å². The van der Waals surface area contributed by atoms with Crippen molar-refractivity contribution in [3.63, 3.8) is 0 Å². The Bertz CT molecular complexity index is 1190. The first-order valence-electron chi connectivity index (χ1n) is 13.3. The summed E-state index contributed by atoms with van der Waals surface area (Å²) in [5.74, 6) is 4.74. The Hall–Kier alpha value is -2.18. The zero-order valence-electron chi connectivity index (χ0n) is 20.4. The first kappa shape index (κ1) is 21.1. The number of Topliss-reactive ketones (excluding diaryl/α,β-unsaturated/α-hetero) is 1. The number of hydrogen-bond acceptors (Lipinski definition) is 5. The summed E-state index contributed by atoms with van der Waals surface area (Å²) in [4.78, 5) is 13.9. The SMILES string of the molecule is C[C@@]1(O)CC[C@H]2[C@H](CC[C@]3(C)[C@@H]2CC[C@@]2(C)[C@H]3[C@@H]3C4[C@@H]3[C@]42C(=O)Cn2nc(C#N)cc2C#N)C1. The van der Waals surface area contributed by atoms with Crippen LogP contribution in [0.5, 0.6) is 0 Å². The average molecular weight is 459 g/mol. The molecule has 2 bridgehead atoms. The summed E-state index contributed by atoms with van der Waals surface area (Å²) in [5, 5.41) is 33.6. The molecule has 0 radical (unpaired) electrons. The van der Waals surface area contributed by atoms with Crippen molar-refractivity contribution in [2.45, 2.75) is 77.9 Å².